The number of thioether (sulfide) groups is 1. The highest BCUT2D eigenvalue weighted by Crippen LogP contribution is 2.68. The van der Waals surface area contributed by atoms with Crippen LogP contribution in [0.1, 0.15) is 47.5 Å². The molecule has 1 spiro atoms. The summed E-state index contributed by atoms with van der Waals surface area (Å²) >= 11 is 1.65. The lowest BCUT2D eigenvalue weighted by atomic mass is 9.66. The molecule has 3 aliphatic heterocycles. The Labute approximate surface area is 218 Å². The van der Waals surface area contributed by atoms with Crippen LogP contribution < -0.4 is 15.5 Å². The van der Waals surface area contributed by atoms with Gasteiger partial charge in [0, 0.05) is 36.3 Å². The zero-order chi connectivity index (χ0) is 26.2. The van der Waals surface area contributed by atoms with E-state index in [0.717, 1.165) is 31.6 Å². The molecule has 198 valence electrons. The van der Waals surface area contributed by atoms with Gasteiger partial charge in [0.2, 0.25) is 17.7 Å². The summed E-state index contributed by atoms with van der Waals surface area (Å²) in [5.74, 6) is -1.46. The number of hydrogen-bond donors (Lipinski definition) is 3. The van der Waals surface area contributed by atoms with Crippen molar-refractivity contribution in [3.05, 3.63) is 24.3 Å². The first-order valence-electron chi connectivity index (χ1n) is 13.3. The maximum atomic E-state index is 13.9. The van der Waals surface area contributed by atoms with Crippen molar-refractivity contribution in [2.75, 3.05) is 36.5 Å². The van der Waals surface area contributed by atoms with E-state index < -0.39 is 28.7 Å². The first-order chi connectivity index (χ1) is 17.2. The van der Waals surface area contributed by atoms with Crippen molar-refractivity contribution in [2.45, 2.75) is 69.5 Å². The zero-order valence-electron chi connectivity index (χ0n) is 22.0. The minimum atomic E-state index is -0.756. The summed E-state index contributed by atoms with van der Waals surface area (Å²) in [4.78, 5) is 44.8. The maximum absolute atomic E-state index is 13.9. The second-order valence-corrected chi connectivity index (χ2v) is 11.9. The van der Waals surface area contributed by atoms with Crippen molar-refractivity contribution in [3.8, 4) is 0 Å². The van der Waals surface area contributed by atoms with Gasteiger partial charge in [-0.3, -0.25) is 14.4 Å². The molecule has 3 heterocycles. The SMILES string of the molecule is CCCNC(=O)[C@@H]1[C@@H]2CC(C)C3(S2)C(C(=O)Nc2ccc(N(CC)CC)cc2)N([C@H](C)CO)C(=O)[C@H]13. The highest BCUT2D eigenvalue weighted by atomic mass is 32.2. The van der Waals surface area contributed by atoms with Gasteiger partial charge in [-0.1, -0.05) is 13.8 Å². The molecule has 0 saturated carbocycles. The summed E-state index contributed by atoms with van der Waals surface area (Å²) in [6.45, 7) is 12.2. The fraction of sp³-hybridized carbons (Fsp3) is 0.667. The number of aliphatic hydroxyl groups is 1. The number of nitrogens with zero attached hydrogens (tertiary/aromatic N) is 2. The summed E-state index contributed by atoms with van der Waals surface area (Å²) < 4.78 is -0.690. The standard InChI is InChI=1S/C27H40N4O4S/c1-6-13-28-24(33)21-20-14-16(4)27(36-20)22(21)26(35)31(17(5)15-32)23(27)25(34)29-18-9-11-19(12-10-18)30(7-2)8-3/h9-12,16-17,20-23,32H,6-8,13-15H2,1-5H3,(H,28,33)(H,29,34)/t16?,17-,20+,21-,22+,23?,27?/m1/s1. The van der Waals surface area contributed by atoms with E-state index in [0.29, 0.717) is 12.2 Å². The van der Waals surface area contributed by atoms with Crippen molar-refractivity contribution in [3.63, 3.8) is 0 Å². The molecule has 9 heteroatoms. The second kappa shape index (κ2) is 10.6. The van der Waals surface area contributed by atoms with Crippen molar-refractivity contribution >= 4 is 40.9 Å². The number of likely N-dealkylation sites (tertiary alicyclic amines) is 1. The highest BCUT2D eigenvalue weighted by Gasteiger charge is 2.76. The molecule has 2 bridgehead atoms. The number of rotatable bonds is 10. The van der Waals surface area contributed by atoms with Crippen LogP contribution in [0.2, 0.25) is 0 Å². The molecule has 7 atom stereocenters. The van der Waals surface area contributed by atoms with Crippen LogP contribution in [0.5, 0.6) is 0 Å². The molecule has 0 aliphatic carbocycles. The molecule has 8 nitrogen and oxygen atoms in total. The average Bonchev–Trinajstić information content (AvgIpc) is 3.47. The van der Waals surface area contributed by atoms with E-state index >= 15 is 0 Å². The van der Waals surface area contributed by atoms with Gasteiger partial charge in [-0.2, -0.15) is 0 Å². The Hall–Kier alpha value is -2.26. The van der Waals surface area contributed by atoms with E-state index in [-0.39, 0.29) is 35.5 Å². The molecule has 3 unspecified atom stereocenters. The van der Waals surface area contributed by atoms with Gasteiger partial charge in [-0.05, 0) is 63.8 Å². The van der Waals surface area contributed by atoms with Gasteiger partial charge >= 0.3 is 0 Å². The molecule has 3 aliphatic rings. The summed E-state index contributed by atoms with van der Waals surface area (Å²) in [6.07, 6.45) is 1.62. The Morgan fingerprint density at radius 2 is 1.86 bits per heavy atom. The monoisotopic (exact) mass is 516 g/mol. The minimum Gasteiger partial charge on any atom is -0.394 e. The number of amides is 3. The largest absolute Gasteiger partial charge is 0.394 e. The molecule has 3 N–H and O–H groups in total. The summed E-state index contributed by atoms with van der Waals surface area (Å²) in [6, 6.07) is 6.48. The Kier molecular flexibility index (Phi) is 7.90. The van der Waals surface area contributed by atoms with Gasteiger partial charge in [0.05, 0.1) is 29.2 Å². The predicted molar refractivity (Wildman–Crippen MR) is 144 cm³/mol. The van der Waals surface area contributed by atoms with E-state index in [4.69, 9.17) is 0 Å². The molecule has 3 fully saturated rings. The molecule has 36 heavy (non-hydrogen) atoms. The Morgan fingerprint density at radius 3 is 2.44 bits per heavy atom. The quantitative estimate of drug-likeness (QED) is 0.442. The molecular weight excluding hydrogens is 476 g/mol. The molecule has 4 rings (SSSR count). The van der Waals surface area contributed by atoms with E-state index in [1.165, 1.54) is 0 Å². The number of carbonyl (C=O) groups is 3. The van der Waals surface area contributed by atoms with E-state index in [1.54, 1.807) is 23.6 Å². The van der Waals surface area contributed by atoms with E-state index in [2.05, 4.69) is 36.3 Å². The molecule has 3 amide bonds. The van der Waals surface area contributed by atoms with Crippen molar-refractivity contribution in [1.29, 1.82) is 0 Å². The van der Waals surface area contributed by atoms with Gasteiger partial charge in [0.15, 0.2) is 0 Å². The molecule has 1 aromatic carbocycles. The third-order valence-corrected chi connectivity index (χ3v) is 10.4. The van der Waals surface area contributed by atoms with Crippen molar-refractivity contribution < 1.29 is 19.5 Å². The lowest BCUT2D eigenvalue weighted by Crippen LogP contribution is -2.56. The number of benzene rings is 1. The van der Waals surface area contributed by atoms with Gasteiger partial charge in [-0.25, -0.2) is 0 Å². The number of aliphatic hydroxyl groups excluding tert-OH is 1. The Morgan fingerprint density at radius 1 is 1.19 bits per heavy atom. The smallest absolute Gasteiger partial charge is 0.248 e. The minimum absolute atomic E-state index is 0.0149. The predicted octanol–water partition coefficient (Wildman–Crippen LogP) is 2.72. The molecular formula is C27H40N4O4S. The zero-order valence-corrected chi connectivity index (χ0v) is 22.8. The number of nitrogens with one attached hydrogen (secondary N) is 2. The van der Waals surface area contributed by atoms with Gasteiger partial charge in [0.1, 0.15) is 6.04 Å². The normalized spacial score (nSPS) is 31.3. The van der Waals surface area contributed by atoms with Crippen LogP contribution in [0, 0.1) is 17.8 Å². The topological polar surface area (TPSA) is 102 Å². The van der Waals surface area contributed by atoms with Gasteiger partial charge < -0.3 is 25.5 Å². The van der Waals surface area contributed by atoms with Crippen LogP contribution in [0.4, 0.5) is 11.4 Å². The Bertz CT molecular complexity index is 984. The Balaban J connectivity index is 1.66. The second-order valence-electron chi connectivity index (χ2n) is 10.3. The fourth-order valence-electron chi connectivity index (χ4n) is 6.54. The van der Waals surface area contributed by atoms with Gasteiger partial charge in [-0.15, -0.1) is 11.8 Å². The highest BCUT2D eigenvalue weighted by molar-refractivity contribution is 8.02. The first-order valence-corrected chi connectivity index (χ1v) is 14.2. The van der Waals surface area contributed by atoms with Crippen molar-refractivity contribution in [2.24, 2.45) is 17.8 Å². The molecule has 3 saturated heterocycles. The van der Waals surface area contributed by atoms with Crippen LogP contribution in [0.3, 0.4) is 0 Å². The molecule has 0 radical (unpaired) electrons. The van der Waals surface area contributed by atoms with Crippen LogP contribution in [0.25, 0.3) is 0 Å². The first kappa shape index (κ1) is 26.8. The van der Waals surface area contributed by atoms with E-state index in [1.807, 2.05) is 31.2 Å². The van der Waals surface area contributed by atoms with Gasteiger partial charge in [0.25, 0.3) is 0 Å². The number of fused-ring (bicyclic) bond motifs is 1. The molecule has 1 aromatic rings. The van der Waals surface area contributed by atoms with E-state index in [9.17, 15) is 19.5 Å². The molecule has 0 aromatic heterocycles. The maximum Gasteiger partial charge on any atom is 0.248 e. The summed E-state index contributed by atoms with van der Waals surface area (Å²) in [5, 5.41) is 16.1. The third kappa shape index (κ3) is 4.18. The lowest BCUT2D eigenvalue weighted by molar-refractivity contribution is -0.141. The number of hydrogen-bond acceptors (Lipinski definition) is 6. The third-order valence-electron chi connectivity index (χ3n) is 8.29. The number of carbonyl (C=O) groups excluding carboxylic acids is 3. The van der Waals surface area contributed by atoms with Crippen molar-refractivity contribution in [1.82, 2.24) is 10.2 Å². The summed E-state index contributed by atoms with van der Waals surface area (Å²) in [7, 11) is 0. The lowest BCUT2D eigenvalue weighted by Gasteiger charge is -2.39. The average molecular weight is 517 g/mol. The van der Waals surface area contributed by atoms with Crippen LogP contribution >= 0.6 is 11.8 Å². The summed E-state index contributed by atoms with van der Waals surface area (Å²) in [5.41, 5.74) is 1.75. The fourth-order valence-corrected chi connectivity index (χ4v) is 8.95. The van der Waals surface area contributed by atoms with Crippen LogP contribution in [0.15, 0.2) is 24.3 Å². The number of anilines is 2. The van der Waals surface area contributed by atoms with Crippen LogP contribution in [-0.4, -0.2) is 76.0 Å². The van der Waals surface area contributed by atoms with Crippen LogP contribution in [-0.2, 0) is 14.4 Å².